The minimum absolute atomic E-state index is 0.0553. The second-order valence-corrected chi connectivity index (χ2v) is 7.91. The Hall–Kier alpha value is -4.45. The van der Waals surface area contributed by atoms with Gasteiger partial charge in [-0.1, -0.05) is 60.4 Å². The molecule has 8 nitrogen and oxygen atoms in total. The zero-order valence-electron chi connectivity index (χ0n) is 19.7. The zero-order chi connectivity index (χ0) is 25.6. The van der Waals surface area contributed by atoms with E-state index >= 15 is 0 Å². The van der Waals surface area contributed by atoms with Crippen molar-refractivity contribution in [2.45, 2.75) is 12.5 Å². The van der Waals surface area contributed by atoms with Crippen molar-refractivity contribution >= 4 is 17.7 Å². The molecule has 5 N–H and O–H groups in total. The van der Waals surface area contributed by atoms with Crippen molar-refractivity contribution in [2.75, 3.05) is 19.6 Å². The second kappa shape index (κ2) is 14.1. The van der Waals surface area contributed by atoms with Crippen LogP contribution in [0, 0.1) is 11.8 Å². The van der Waals surface area contributed by atoms with Crippen molar-refractivity contribution in [3.05, 3.63) is 107 Å². The molecule has 184 valence electrons. The normalized spacial score (nSPS) is 10.9. The lowest BCUT2D eigenvalue weighted by molar-refractivity contribution is -0.131. The molecule has 0 spiro atoms. The molecular weight excluding hydrogens is 456 g/mol. The van der Waals surface area contributed by atoms with Crippen molar-refractivity contribution in [3.63, 3.8) is 0 Å². The number of benzene rings is 3. The average Bonchev–Trinajstić information content (AvgIpc) is 2.93. The smallest absolute Gasteiger partial charge is 0.267 e. The molecule has 0 radical (unpaired) electrons. The largest absolute Gasteiger partial charge is 0.352 e. The van der Waals surface area contributed by atoms with Gasteiger partial charge in [0.05, 0.1) is 6.54 Å². The minimum Gasteiger partial charge on any atom is -0.352 e. The van der Waals surface area contributed by atoms with Gasteiger partial charge in [0.1, 0.15) is 6.04 Å². The van der Waals surface area contributed by atoms with E-state index in [2.05, 4.69) is 27.8 Å². The maximum absolute atomic E-state index is 12.6. The lowest BCUT2D eigenvalue weighted by Gasteiger charge is -2.17. The number of amides is 3. The highest BCUT2D eigenvalue weighted by Gasteiger charge is 2.21. The zero-order valence-corrected chi connectivity index (χ0v) is 19.7. The van der Waals surface area contributed by atoms with Crippen LogP contribution in [0.15, 0.2) is 84.9 Å². The number of rotatable bonds is 10. The van der Waals surface area contributed by atoms with Crippen LogP contribution < -0.4 is 21.4 Å². The fourth-order valence-corrected chi connectivity index (χ4v) is 3.26. The summed E-state index contributed by atoms with van der Waals surface area (Å²) >= 11 is 0. The predicted octanol–water partition coefficient (Wildman–Crippen LogP) is 1.64. The first-order valence-corrected chi connectivity index (χ1v) is 11.5. The highest BCUT2D eigenvalue weighted by molar-refractivity contribution is 5.97. The summed E-state index contributed by atoms with van der Waals surface area (Å²) in [5, 5.41) is 17.2. The standard InChI is InChI=1S/C28H28N4O4/c33-26(20-29-18-17-22-9-5-2-6-10-22)30-19-25(28(35)32-36)31-27(34)24-15-13-23(14-16-24)12-11-21-7-3-1-4-8-21/h1-10,13-16,25,29,36H,17-20H2,(H,30,33)(H,31,34)(H,32,35)/t25-/m0/s1. The maximum Gasteiger partial charge on any atom is 0.267 e. The lowest BCUT2D eigenvalue weighted by atomic mass is 10.1. The van der Waals surface area contributed by atoms with E-state index in [1.54, 1.807) is 24.3 Å². The summed E-state index contributed by atoms with van der Waals surface area (Å²) in [7, 11) is 0. The highest BCUT2D eigenvalue weighted by Crippen LogP contribution is 2.05. The number of hydroxylamine groups is 1. The molecule has 0 fully saturated rings. The monoisotopic (exact) mass is 484 g/mol. The Labute approximate surface area is 210 Å². The Bertz CT molecular complexity index is 1200. The van der Waals surface area contributed by atoms with Crippen LogP contribution in [0.1, 0.15) is 27.0 Å². The van der Waals surface area contributed by atoms with Crippen LogP contribution in [0.25, 0.3) is 0 Å². The molecule has 0 bridgehead atoms. The van der Waals surface area contributed by atoms with E-state index in [0.717, 1.165) is 23.1 Å². The van der Waals surface area contributed by atoms with E-state index in [0.29, 0.717) is 12.1 Å². The average molecular weight is 485 g/mol. The van der Waals surface area contributed by atoms with E-state index < -0.39 is 17.9 Å². The Morgan fingerprint density at radius 3 is 2.06 bits per heavy atom. The Balaban J connectivity index is 1.47. The molecule has 0 aliphatic carbocycles. The van der Waals surface area contributed by atoms with Gasteiger partial charge in [0.25, 0.3) is 11.8 Å². The molecule has 1 atom stereocenters. The van der Waals surface area contributed by atoms with Crippen molar-refractivity contribution in [1.29, 1.82) is 0 Å². The van der Waals surface area contributed by atoms with Crippen LogP contribution in [0.2, 0.25) is 0 Å². The quantitative estimate of drug-likeness (QED) is 0.130. The molecule has 3 aromatic rings. The molecule has 36 heavy (non-hydrogen) atoms. The van der Waals surface area contributed by atoms with Crippen molar-refractivity contribution < 1.29 is 19.6 Å². The van der Waals surface area contributed by atoms with Gasteiger partial charge >= 0.3 is 0 Å². The van der Waals surface area contributed by atoms with E-state index in [9.17, 15) is 14.4 Å². The third-order valence-corrected chi connectivity index (χ3v) is 5.23. The first kappa shape index (κ1) is 26.2. The summed E-state index contributed by atoms with van der Waals surface area (Å²) < 4.78 is 0. The first-order valence-electron chi connectivity index (χ1n) is 11.5. The topological polar surface area (TPSA) is 120 Å². The summed E-state index contributed by atoms with van der Waals surface area (Å²) in [5.74, 6) is 4.36. The van der Waals surface area contributed by atoms with Crippen molar-refractivity contribution in [2.24, 2.45) is 0 Å². The maximum atomic E-state index is 12.6. The molecule has 0 aliphatic heterocycles. The van der Waals surface area contributed by atoms with Gasteiger partial charge in [-0.2, -0.15) is 0 Å². The third kappa shape index (κ3) is 8.72. The van der Waals surface area contributed by atoms with E-state index in [1.165, 1.54) is 5.48 Å². The van der Waals surface area contributed by atoms with Gasteiger partial charge in [-0.05, 0) is 54.9 Å². The first-order chi connectivity index (χ1) is 17.5. The molecule has 8 heteroatoms. The fraction of sp³-hybridized carbons (Fsp3) is 0.179. The van der Waals surface area contributed by atoms with E-state index in [-0.39, 0.29) is 19.0 Å². The SMILES string of the molecule is O=C(CNCCc1ccccc1)NC[C@H](NC(=O)c1ccc(C#Cc2ccccc2)cc1)C(=O)NO. The molecule has 0 heterocycles. The highest BCUT2D eigenvalue weighted by atomic mass is 16.5. The lowest BCUT2D eigenvalue weighted by Crippen LogP contribution is -2.52. The number of hydrogen-bond donors (Lipinski definition) is 5. The second-order valence-electron chi connectivity index (χ2n) is 7.91. The van der Waals surface area contributed by atoms with Gasteiger partial charge < -0.3 is 16.0 Å². The Kier molecular flexibility index (Phi) is 10.2. The van der Waals surface area contributed by atoms with Gasteiger partial charge in [-0.3, -0.25) is 19.6 Å². The summed E-state index contributed by atoms with van der Waals surface area (Å²) in [6, 6.07) is 24.8. The minimum atomic E-state index is -1.16. The van der Waals surface area contributed by atoms with Crippen LogP contribution in [0.4, 0.5) is 0 Å². The molecule has 0 saturated heterocycles. The summed E-state index contributed by atoms with van der Waals surface area (Å²) in [4.78, 5) is 36.8. The van der Waals surface area contributed by atoms with E-state index in [4.69, 9.17) is 5.21 Å². The molecule has 0 unspecified atom stereocenters. The summed E-state index contributed by atoms with van der Waals surface area (Å²) in [6.45, 7) is 0.484. The van der Waals surface area contributed by atoms with Crippen molar-refractivity contribution in [1.82, 2.24) is 21.4 Å². The van der Waals surface area contributed by atoms with Crippen molar-refractivity contribution in [3.8, 4) is 11.8 Å². The van der Waals surface area contributed by atoms with Gasteiger partial charge in [-0.15, -0.1) is 0 Å². The van der Waals surface area contributed by atoms with Crippen LogP contribution >= 0.6 is 0 Å². The molecule has 0 aromatic heterocycles. The summed E-state index contributed by atoms with van der Waals surface area (Å²) in [6.07, 6.45) is 0.774. The molecular formula is C28H28N4O4. The number of hydrogen-bond acceptors (Lipinski definition) is 5. The van der Waals surface area contributed by atoms with Crippen LogP contribution in [-0.2, 0) is 16.0 Å². The predicted molar refractivity (Wildman–Crippen MR) is 136 cm³/mol. The fourth-order valence-electron chi connectivity index (χ4n) is 3.26. The van der Waals surface area contributed by atoms with Crippen LogP contribution in [0.3, 0.4) is 0 Å². The van der Waals surface area contributed by atoms with Crippen LogP contribution in [0.5, 0.6) is 0 Å². The van der Waals surface area contributed by atoms with Gasteiger partial charge in [-0.25, -0.2) is 5.48 Å². The number of carbonyl (C=O) groups excluding carboxylic acids is 3. The van der Waals surface area contributed by atoms with Gasteiger partial charge in [0.2, 0.25) is 5.91 Å². The Morgan fingerprint density at radius 2 is 1.42 bits per heavy atom. The number of carbonyl (C=O) groups is 3. The van der Waals surface area contributed by atoms with E-state index in [1.807, 2.05) is 60.7 Å². The molecule has 0 saturated carbocycles. The summed E-state index contributed by atoms with van der Waals surface area (Å²) in [5.41, 5.74) is 4.59. The third-order valence-electron chi connectivity index (χ3n) is 5.23. The van der Waals surface area contributed by atoms with Gasteiger partial charge in [0.15, 0.2) is 0 Å². The Morgan fingerprint density at radius 1 is 0.806 bits per heavy atom. The molecule has 0 aliphatic rings. The van der Waals surface area contributed by atoms with Gasteiger partial charge in [0, 0.05) is 23.2 Å². The van der Waals surface area contributed by atoms with Crippen LogP contribution in [-0.4, -0.2) is 48.6 Å². The molecule has 3 amide bonds. The molecule has 3 aromatic carbocycles. The number of nitrogens with one attached hydrogen (secondary N) is 4. The molecule has 3 rings (SSSR count).